The summed E-state index contributed by atoms with van der Waals surface area (Å²) in [6.45, 7) is 0.459. The Labute approximate surface area is 114 Å². The third-order valence-corrected chi connectivity index (χ3v) is 3.66. The van der Waals surface area contributed by atoms with Crippen LogP contribution < -0.4 is 5.32 Å². The van der Waals surface area contributed by atoms with E-state index in [2.05, 4.69) is 10.3 Å². The molecule has 1 aliphatic carbocycles. The van der Waals surface area contributed by atoms with Gasteiger partial charge in [-0.05, 0) is 31.0 Å². The van der Waals surface area contributed by atoms with Crippen molar-refractivity contribution in [2.24, 2.45) is 0 Å². The van der Waals surface area contributed by atoms with Gasteiger partial charge in [-0.1, -0.05) is 12.8 Å². The molecule has 0 unspecified atom stereocenters. The summed E-state index contributed by atoms with van der Waals surface area (Å²) in [6, 6.07) is 3.83. The number of fused-ring (bicyclic) bond motifs is 1. The van der Waals surface area contributed by atoms with Gasteiger partial charge in [0.1, 0.15) is 5.52 Å². The molecule has 0 bridgehead atoms. The Morgan fingerprint density at radius 1 is 1.25 bits per heavy atom. The minimum absolute atomic E-state index is 0.253. The number of hydrogen-bond donors (Lipinski definition) is 1. The molecule has 2 aromatic rings. The van der Waals surface area contributed by atoms with Crippen molar-refractivity contribution < 1.29 is 17.6 Å². The van der Waals surface area contributed by atoms with E-state index in [0.717, 1.165) is 25.0 Å². The highest BCUT2D eigenvalue weighted by Crippen LogP contribution is 2.31. The summed E-state index contributed by atoms with van der Waals surface area (Å²) < 4.78 is 43.3. The van der Waals surface area contributed by atoms with E-state index in [1.54, 1.807) is 0 Å². The van der Waals surface area contributed by atoms with Crippen molar-refractivity contribution in [2.45, 2.75) is 44.4 Å². The first-order valence-corrected chi connectivity index (χ1v) is 6.72. The van der Waals surface area contributed by atoms with E-state index in [9.17, 15) is 13.2 Å². The van der Waals surface area contributed by atoms with Crippen molar-refractivity contribution in [1.82, 2.24) is 10.3 Å². The van der Waals surface area contributed by atoms with Gasteiger partial charge >= 0.3 is 6.18 Å². The Balaban J connectivity index is 1.76. The number of benzene rings is 1. The second-order valence-electron chi connectivity index (χ2n) is 5.15. The third kappa shape index (κ3) is 2.80. The summed E-state index contributed by atoms with van der Waals surface area (Å²) in [5, 5.41) is 3.33. The Morgan fingerprint density at radius 3 is 2.70 bits per heavy atom. The molecule has 3 nitrogen and oxygen atoms in total. The summed E-state index contributed by atoms with van der Waals surface area (Å²) in [5.41, 5.74) is -0.0575. The van der Waals surface area contributed by atoms with Crippen LogP contribution in [-0.4, -0.2) is 11.0 Å². The lowest BCUT2D eigenvalue weighted by atomic mass is 10.2. The predicted molar refractivity (Wildman–Crippen MR) is 68.1 cm³/mol. The maximum Gasteiger partial charge on any atom is 0.416 e. The van der Waals surface area contributed by atoms with Crippen molar-refractivity contribution in [3.63, 3.8) is 0 Å². The van der Waals surface area contributed by atoms with Gasteiger partial charge in [0.15, 0.2) is 5.58 Å². The second kappa shape index (κ2) is 5.09. The molecule has 0 amide bonds. The number of nitrogens with zero attached hydrogens (tertiary/aromatic N) is 1. The van der Waals surface area contributed by atoms with Gasteiger partial charge < -0.3 is 9.73 Å². The van der Waals surface area contributed by atoms with Crippen LogP contribution in [0.1, 0.15) is 37.1 Å². The molecule has 0 spiro atoms. The number of hydrogen-bond acceptors (Lipinski definition) is 3. The van der Waals surface area contributed by atoms with Crippen LogP contribution in [-0.2, 0) is 12.7 Å². The number of rotatable bonds is 3. The Bertz CT molecular complexity index is 600. The summed E-state index contributed by atoms with van der Waals surface area (Å²) >= 11 is 0. The molecule has 108 valence electrons. The lowest BCUT2D eigenvalue weighted by Crippen LogP contribution is -2.25. The molecule has 1 heterocycles. The minimum atomic E-state index is -4.35. The van der Waals surface area contributed by atoms with Crippen LogP contribution in [0.3, 0.4) is 0 Å². The molecule has 3 rings (SSSR count). The molecule has 6 heteroatoms. The van der Waals surface area contributed by atoms with E-state index >= 15 is 0 Å². The molecule has 20 heavy (non-hydrogen) atoms. The SMILES string of the molecule is FC(F)(F)c1ccc2oc(CNC3CCCC3)nc2c1. The molecule has 0 saturated heterocycles. The average molecular weight is 284 g/mol. The Morgan fingerprint density at radius 2 is 2.00 bits per heavy atom. The van der Waals surface area contributed by atoms with Gasteiger partial charge in [0, 0.05) is 6.04 Å². The van der Waals surface area contributed by atoms with Gasteiger partial charge in [-0.2, -0.15) is 13.2 Å². The number of halogens is 3. The van der Waals surface area contributed by atoms with E-state index < -0.39 is 11.7 Å². The first kappa shape index (κ1) is 13.4. The van der Waals surface area contributed by atoms with Crippen LogP contribution in [0.2, 0.25) is 0 Å². The smallest absolute Gasteiger partial charge is 0.416 e. The Hall–Kier alpha value is -1.56. The van der Waals surface area contributed by atoms with Gasteiger partial charge in [0.05, 0.1) is 12.1 Å². The quantitative estimate of drug-likeness (QED) is 0.929. The molecule has 1 aromatic carbocycles. The lowest BCUT2D eigenvalue weighted by molar-refractivity contribution is -0.137. The lowest BCUT2D eigenvalue weighted by Gasteiger charge is -2.08. The minimum Gasteiger partial charge on any atom is -0.439 e. The number of aromatic nitrogens is 1. The van der Waals surface area contributed by atoms with Crippen molar-refractivity contribution in [1.29, 1.82) is 0 Å². The first-order valence-electron chi connectivity index (χ1n) is 6.72. The van der Waals surface area contributed by atoms with Crippen molar-refractivity contribution in [3.05, 3.63) is 29.7 Å². The molecule has 1 aromatic heterocycles. The van der Waals surface area contributed by atoms with Crippen LogP contribution in [0.4, 0.5) is 13.2 Å². The maximum atomic E-state index is 12.6. The van der Waals surface area contributed by atoms with E-state index in [0.29, 0.717) is 24.1 Å². The van der Waals surface area contributed by atoms with Crippen LogP contribution >= 0.6 is 0 Å². The van der Waals surface area contributed by atoms with E-state index in [1.807, 2.05) is 0 Å². The number of alkyl halides is 3. The van der Waals surface area contributed by atoms with Crippen LogP contribution in [0.15, 0.2) is 22.6 Å². The zero-order chi connectivity index (χ0) is 14.2. The van der Waals surface area contributed by atoms with Crippen molar-refractivity contribution >= 4 is 11.1 Å². The fraction of sp³-hybridized carbons (Fsp3) is 0.500. The van der Waals surface area contributed by atoms with Gasteiger partial charge in [0.2, 0.25) is 5.89 Å². The zero-order valence-corrected chi connectivity index (χ0v) is 10.8. The fourth-order valence-corrected chi connectivity index (χ4v) is 2.59. The van der Waals surface area contributed by atoms with Crippen LogP contribution in [0.5, 0.6) is 0 Å². The van der Waals surface area contributed by atoms with Crippen molar-refractivity contribution in [3.8, 4) is 0 Å². The average Bonchev–Trinajstić information content (AvgIpc) is 3.03. The van der Waals surface area contributed by atoms with Crippen molar-refractivity contribution in [2.75, 3.05) is 0 Å². The van der Waals surface area contributed by atoms with E-state index in [-0.39, 0.29) is 5.52 Å². The monoisotopic (exact) mass is 284 g/mol. The molecule has 1 N–H and O–H groups in total. The van der Waals surface area contributed by atoms with Gasteiger partial charge in [-0.3, -0.25) is 0 Å². The zero-order valence-electron chi connectivity index (χ0n) is 10.8. The summed E-state index contributed by atoms with van der Waals surface area (Å²) in [4.78, 5) is 4.12. The van der Waals surface area contributed by atoms with E-state index in [4.69, 9.17) is 4.42 Å². The summed E-state index contributed by atoms with van der Waals surface area (Å²) in [6.07, 6.45) is 0.368. The second-order valence-corrected chi connectivity index (χ2v) is 5.15. The highest BCUT2D eigenvalue weighted by Gasteiger charge is 2.31. The molecule has 1 fully saturated rings. The highest BCUT2D eigenvalue weighted by atomic mass is 19.4. The van der Waals surface area contributed by atoms with Gasteiger partial charge in [-0.15, -0.1) is 0 Å². The maximum absolute atomic E-state index is 12.6. The predicted octanol–water partition coefficient (Wildman–Crippen LogP) is 3.88. The fourth-order valence-electron chi connectivity index (χ4n) is 2.59. The third-order valence-electron chi connectivity index (χ3n) is 3.66. The highest BCUT2D eigenvalue weighted by molar-refractivity contribution is 5.73. The van der Waals surface area contributed by atoms with Crippen LogP contribution in [0, 0.1) is 0 Å². The first-order chi connectivity index (χ1) is 9.52. The standard InChI is InChI=1S/C14H15F3N2O/c15-14(16,17)9-5-6-12-11(7-9)19-13(20-12)8-18-10-3-1-2-4-10/h5-7,10,18H,1-4,8H2. The van der Waals surface area contributed by atoms with E-state index in [1.165, 1.54) is 18.9 Å². The molecule has 0 radical (unpaired) electrons. The Kier molecular flexibility index (Phi) is 3.41. The summed E-state index contributed by atoms with van der Waals surface area (Å²) in [5.74, 6) is 0.436. The molecule has 1 saturated carbocycles. The molecular weight excluding hydrogens is 269 g/mol. The molecule has 1 aliphatic rings. The molecular formula is C14H15F3N2O. The topological polar surface area (TPSA) is 38.1 Å². The van der Waals surface area contributed by atoms with Crippen LogP contribution in [0.25, 0.3) is 11.1 Å². The number of nitrogens with one attached hydrogen (secondary N) is 1. The van der Waals surface area contributed by atoms with Gasteiger partial charge in [-0.25, -0.2) is 4.98 Å². The summed E-state index contributed by atoms with van der Waals surface area (Å²) in [7, 11) is 0. The molecule has 0 atom stereocenters. The van der Waals surface area contributed by atoms with Gasteiger partial charge in [0.25, 0.3) is 0 Å². The normalized spacial score (nSPS) is 17.1. The number of oxazole rings is 1. The molecule has 0 aliphatic heterocycles. The largest absolute Gasteiger partial charge is 0.439 e.